The molecule has 0 spiro atoms. The molecular formula is C18H17Cl2N5OS. The van der Waals surface area contributed by atoms with Gasteiger partial charge in [-0.15, -0.1) is 10.2 Å². The first-order chi connectivity index (χ1) is 12.9. The number of anilines is 1. The lowest BCUT2D eigenvalue weighted by Crippen LogP contribution is -2.33. The summed E-state index contributed by atoms with van der Waals surface area (Å²) in [5, 5.41) is 9.17. The summed E-state index contributed by atoms with van der Waals surface area (Å²) in [6.07, 6.45) is 0. The number of hydrogen-bond donors (Lipinski definition) is 1. The molecular weight excluding hydrogens is 405 g/mol. The van der Waals surface area contributed by atoms with Gasteiger partial charge in [-0.2, -0.15) is 0 Å². The van der Waals surface area contributed by atoms with E-state index in [9.17, 15) is 4.79 Å². The molecule has 140 valence electrons. The van der Waals surface area contributed by atoms with Crippen molar-refractivity contribution < 1.29 is 4.79 Å². The molecule has 6 nitrogen and oxygen atoms in total. The van der Waals surface area contributed by atoms with E-state index in [1.807, 2.05) is 30.3 Å². The fraction of sp³-hybridized carbons (Fsp3) is 0.167. The Balaban J connectivity index is 1.79. The van der Waals surface area contributed by atoms with Crippen molar-refractivity contribution in [3.63, 3.8) is 0 Å². The van der Waals surface area contributed by atoms with Gasteiger partial charge in [0.2, 0.25) is 11.1 Å². The molecule has 27 heavy (non-hydrogen) atoms. The van der Waals surface area contributed by atoms with Crippen molar-refractivity contribution in [2.45, 2.75) is 17.3 Å². The zero-order chi connectivity index (χ0) is 19.6. The molecule has 1 atom stereocenters. The highest BCUT2D eigenvalue weighted by Gasteiger charge is 2.23. The predicted octanol–water partition coefficient (Wildman–Crippen LogP) is 4.11. The van der Waals surface area contributed by atoms with Crippen LogP contribution in [0.25, 0.3) is 11.4 Å². The van der Waals surface area contributed by atoms with Crippen LogP contribution in [-0.4, -0.2) is 33.1 Å². The molecule has 1 aromatic heterocycles. The summed E-state index contributed by atoms with van der Waals surface area (Å²) in [4.78, 5) is 14.3. The summed E-state index contributed by atoms with van der Waals surface area (Å²) < 4.78 is 1.31. The molecule has 1 unspecified atom stereocenters. The van der Waals surface area contributed by atoms with E-state index >= 15 is 0 Å². The number of nitrogens with two attached hydrogens (primary N) is 1. The highest BCUT2D eigenvalue weighted by Crippen LogP contribution is 2.31. The fourth-order valence-electron chi connectivity index (χ4n) is 2.47. The third-order valence-electron chi connectivity index (χ3n) is 3.94. The minimum absolute atomic E-state index is 0.0727. The van der Waals surface area contributed by atoms with Gasteiger partial charge in [-0.05, 0) is 37.3 Å². The van der Waals surface area contributed by atoms with Gasteiger partial charge in [0, 0.05) is 23.3 Å². The highest BCUT2D eigenvalue weighted by molar-refractivity contribution is 8.00. The Morgan fingerprint density at radius 2 is 1.89 bits per heavy atom. The summed E-state index contributed by atoms with van der Waals surface area (Å²) in [7, 11) is 1.74. The molecule has 0 saturated carbocycles. The minimum atomic E-state index is -0.413. The lowest BCUT2D eigenvalue weighted by atomic mass is 10.2. The first-order valence-electron chi connectivity index (χ1n) is 8.03. The van der Waals surface area contributed by atoms with E-state index in [1.165, 1.54) is 16.4 Å². The third kappa shape index (κ3) is 4.21. The van der Waals surface area contributed by atoms with Gasteiger partial charge in [0.15, 0.2) is 5.82 Å². The van der Waals surface area contributed by atoms with Crippen LogP contribution in [0.15, 0.2) is 53.7 Å². The first-order valence-corrected chi connectivity index (χ1v) is 9.67. The van der Waals surface area contributed by atoms with Gasteiger partial charge < -0.3 is 10.7 Å². The molecule has 0 aliphatic heterocycles. The monoisotopic (exact) mass is 421 g/mol. The standard InChI is InChI=1S/C18H17Cl2N5OS/c1-11(17(26)24(2)13-6-4-3-5-7-13)27-18-23-22-16(25(18)21)14-10-12(19)8-9-15(14)20/h3-11H,21H2,1-2H3. The Hall–Kier alpha value is -2.22. The van der Waals surface area contributed by atoms with Gasteiger partial charge in [0.05, 0.1) is 10.3 Å². The molecule has 2 N–H and O–H groups in total. The van der Waals surface area contributed by atoms with Crippen LogP contribution in [-0.2, 0) is 4.79 Å². The molecule has 9 heteroatoms. The van der Waals surface area contributed by atoms with Crippen molar-refractivity contribution >= 4 is 46.6 Å². The molecule has 3 aromatic rings. The number of amides is 1. The van der Waals surface area contributed by atoms with Crippen molar-refractivity contribution in [3.8, 4) is 11.4 Å². The van der Waals surface area contributed by atoms with Crippen molar-refractivity contribution in [1.29, 1.82) is 0 Å². The molecule has 3 rings (SSSR count). The maximum absolute atomic E-state index is 12.7. The maximum atomic E-state index is 12.7. The topological polar surface area (TPSA) is 77.0 Å². The SMILES string of the molecule is CC(Sc1nnc(-c2cc(Cl)ccc2Cl)n1N)C(=O)N(C)c1ccccc1. The Bertz CT molecular complexity index is 964. The molecule has 0 saturated heterocycles. The van der Waals surface area contributed by atoms with Crippen molar-refractivity contribution in [2.75, 3.05) is 17.8 Å². The quantitative estimate of drug-likeness (QED) is 0.495. The summed E-state index contributed by atoms with van der Waals surface area (Å²) in [6, 6.07) is 14.4. The van der Waals surface area contributed by atoms with Crippen LogP contribution >= 0.6 is 35.0 Å². The molecule has 0 bridgehead atoms. The average Bonchev–Trinajstić information content (AvgIpc) is 3.03. The van der Waals surface area contributed by atoms with E-state index in [0.717, 1.165) is 5.69 Å². The van der Waals surface area contributed by atoms with Gasteiger partial charge in [-0.25, -0.2) is 4.68 Å². The Kier molecular flexibility index (Phi) is 5.94. The maximum Gasteiger partial charge on any atom is 0.240 e. The number of hydrogen-bond acceptors (Lipinski definition) is 5. The van der Waals surface area contributed by atoms with Gasteiger partial charge in [-0.3, -0.25) is 4.79 Å². The van der Waals surface area contributed by atoms with E-state index in [0.29, 0.717) is 26.6 Å². The lowest BCUT2D eigenvalue weighted by Gasteiger charge is -2.20. The van der Waals surface area contributed by atoms with Gasteiger partial charge in [0.25, 0.3) is 0 Å². The van der Waals surface area contributed by atoms with E-state index < -0.39 is 5.25 Å². The van der Waals surface area contributed by atoms with Crippen molar-refractivity contribution in [3.05, 3.63) is 58.6 Å². The number of thioether (sulfide) groups is 1. The van der Waals surface area contributed by atoms with Crippen LogP contribution in [0.3, 0.4) is 0 Å². The summed E-state index contributed by atoms with van der Waals surface area (Å²) >= 11 is 13.5. The average molecular weight is 422 g/mol. The number of nitrogen functional groups attached to an aromatic ring is 1. The van der Waals surface area contributed by atoms with Gasteiger partial charge >= 0.3 is 0 Å². The van der Waals surface area contributed by atoms with Crippen LogP contribution < -0.4 is 10.7 Å². The van der Waals surface area contributed by atoms with Gasteiger partial charge in [-0.1, -0.05) is 53.2 Å². The largest absolute Gasteiger partial charge is 0.335 e. The van der Waals surface area contributed by atoms with E-state index in [1.54, 1.807) is 37.1 Å². The number of carbonyl (C=O) groups is 1. The van der Waals surface area contributed by atoms with Crippen LogP contribution in [0.2, 0.25) is 10.0 Å². The van der Waals surface area contributed by atoms with Crippen LogP contribution in [0.4, 0.5) is 5.69 Å². The van der Waals surface area contributed by atoms with Crippen molar-refractivity contribution in [2.24, 2.45) is 0 Å². The Morgan fingerprint density at radius 1 is 1.19 bits per heavy atom. The molecule has 0 radical (unpaired) electrons. The number of rotatable bonds is 5. The lowest BCUT2D eigenvalue weighted by molar-refractivity contribution is -0.117. The number of benzene rings is 2. The third-order valence-corrected chi connectivity index (χ3v) is 5.55. The Labute approximate surface area is 171 Å². The fourth-order valence-corrected chi connectivity index (χ4v) is 3.71. The van der Waals surface area contributed by atoms with E-state index in [4.69, 9.17) is 29.0 Å². The van der Waals surface area contributed by atoms with Gasteiger partial charge in [0.1, 0.15) is 0 Å². The second-order valence-electron chi connectivity index (χ2n) is 5.79. The van der Waals surface area contributed by atoms with E-state index in [2.05, 4.69) is 10.2 Å². The second-order valence-corrected chi connectivity index (χ2v) is 7.94. The smallest absolute Gasteiger partial charge is 0.240 e. The Morgan fingerprint density at radius 3 is 2.59 bits per heavy atom. The molecule has 0 aliphatic carbocycles. The molecule has 0 fully saturated rings. The number of halogens is 2. The zero-order valence-electron chi connectivity index (χ0n) is 14.6. The summed E-state index contributed by atoms with van der Waals surface area (Å²) in [5.74, 6) is 6.44. The molecule has 2 aromatic carbocycles. The second kappa shape index (κ2) is 8.21. The number of carbonyl (C=O) groups excluding carboxylic acids is 1. The molecule has 1 heterocycles. The number of aromatic nitrogens is 3. The highest BCUT2D eigenvalue weighted by atomic mass is 35.5. The number of para-hydroxylation sites is 1. The first kappa shape index (κ1) is 19.5. The van der Waals surface area contributed by atoms with Crippen LogP contribution in [0.5, 0.6) is 0 Å². The van der Waals surface area contributed by atoms with Crippen LogP contribution in [0.1, 0.15) is 6.92 Å². The molecule has 1 amide bonds. The molecule has 0 aliphatic rings. The summed E-state index contributed by atoms with van der Waals surface area (Å²) in [5.41, 5.74) is 1.39. The summed E-state index contributed by atoms with van der Waals surface area (Å²) in [6.45, 7) is 1.80. The normalized spacial score (nSPS) is 12.0. The van der Waals surface area contributed by atoms with Crippen LogP contribution in [0, 0.1) is 0 Å². The predicted molar refractivity (Wildman–Crippen MR) is 111 cm³/mol. The number of nitrogens with zero attached hydrogens (tertiary/aromatic N) is 4. The minimum Gasteiger partial charge on any atom is -0.335 e. The van der Waals surface area contributed by atoms with E-state index in [-0.39, 0.29) is 5.91 Å². The van der Waals surface area contributed by atoms with Crippen molar-refractivity contribution in [1.82, 2.24) is 14.9 Å². The zero-order valence-corrected chi connectivity index (χ0v) is 17.0.